The summed E-state index contributed by atoms with van der Waals surface area (Å²) >= 11 is 5.79. The predicted octanol–water partition coefficient (Wildman–Crippen LogP) is 1.31. The van der Waals surface area contributed by atoms with E-state index >= 15 is 0 Å². The molecule has 1 heterocycles. The highest BCUT2D eigenvalue weighted by atomic mass is 35.5. The van der Waals surface area contributed by atoms with E-state index in [0.717, 1.165) is 25.7 Å². The van der Waals surface area contributed by atoms with Crippen molar-refractivity contribution >= 4 is 17.5 Å². The Labute approximate surface area is 129 Å². The molecule has 3 atom stereocenters. The Balaban J connectivity index is 2.02. The predicted molar refractivity (Wildman–Crippen MR) is 79.1 cm³/mol. The summed E-state index contributed by atoms with van der Waals surface area (Å²) in [5.41, 5.74) is 0. The van der Waals surface area contributed by atoms with E-state index in [1.165, 1.54) is 10.9 Å². The molecule has 2 rings (SSSR count). The summed E-state index contributed by atoms with van der Waals surface area (Å²) in [6, 6.07) is -0.226. The van der Waals surface area contributed by atoms with Gasteiger partial charge in [0, 0.05) is 20.4 Å². The highest BCUT2D eigenvalue weighted by Crippen LogP contribution is 2.24. The first-order valence-corrected chi connectivity index (χ1v) is 7.55. The van der Waals surface area contributed by atoms with Gasteiger partial charge in [0.15, 0.2) is 0 Å². The van der Waals surface area contributed by atoms with Gasteiger partial charge >= 0.3 is 0 Å². The minimum atomic E-state index is -0.660. The number of methoxy groups -OCH3 is 1. The number of amides is 1. The maximum absolute atomic E-state index is 12.3. The van der Waals surface area contributed by atoms with Crippen molar-refractivity contribution in [1.82, 2.24) is 14.7 Å². The van der Waals surface area contributed by atoms with Crippen molar-refractivity contribution in [2.45, 2.75) is 50.5 Å². The molecule has 7 heteroatoms. The van der Waals surface area contributed by atoms with Gasteiger partial charge in [-0.05, 0) is 12.8 Å². The maximum atomic E-state index is 12.3. The van der Waals surface area contributed by atoms with Gasteiger partial charge in [0.2, 0.25) is 5.91 Å². The van der Waals surface area contributed by atoms with Gasteiger partial charge in [-0.25, -0.2) is 0 Å². The van der Waals surface area contributed by atoms with Gasteiger partial charge in [-0.1, -0.05) is 24.4 Å². The summed E-state index contributed by atoms with van der Waals surface area (Å²) < 4.78 is 6.84. The molecule has 118 valence electrons. The van der Waals surface area contributed by atoms with Crippen molar-refractivity contribution in [3.63, 3.8) is 0 Å². The first kappa shape index (κ1) is 16.3. The molecule has 1 saturated carbocycles. The first-order chi connectivity index (χ1) is 10.0. The second kappa shape index (κ2) is 7.24. The van der Waals surface area contributed by atoms with Crippen LogP contribution in [-0.2, 0) is 16.1 Å². The van der Waals surface area contributed by atoms with Gasteiger partial charge in [0.25, 0.3) is 0 Å². The molecule has 1 aliphatic carbocycles. The Morgan fingerprint density at radius 2 is 2.29 bits per heavy atom. The number of halogens is 1. The number of hydrogen-bond acceptors (Lipinski definition) is 4. The first-order valence-electron chi connectivity index (χ1n) is 7.17. The lowest BCUT2D eigenvalue weighted by molar-refractivity contribution is -0.137. The van der Waals surface area contributed by atoms with Crippen LogP contribution >= 0.6 is 11.6 Å². The summed E-state index contributed by atoms with van der Waals surface area (Å²) in [6.07, 6.45) is 5.81. The summed E-state index contributed by atoms with van der Waals surface area (Å²) in [7, 11) is 3.32. The van der Waals surface area contributed by atoms with Crippen LogP contribution in [0, 0.1) is 0 Å². The number of likely N-dealkylation sites (N-methyl/N-ethyl adjacent to an activating group) is 1. The summed E-state index contributed by atoms with van der Waals surface area (Å²) in [5, 5.41) is 14.9. The molecule has 0 unspecified atom stereocenters. The van der Waals surface area contributed by atoms with Gasteiger partial charge in [0.1, 0.15) is 12.6 Å². The van der Waals surface area contributed by atoms with Crippen LogP contribution in [0.25, 0.3) is 0 Å². The molecule has 6 nitrogen and oxygen atoms in total. The van der Waals surface area contributed by atoms with Crippen LogP contribution in [0.15, 0.2) is 12.4 Å². The fourth-order valence-electron chi connectivity index (χ4n) is 2.83. The molecule has 0 bridgehead atoms. The van der Waals surface area contributed by atoms with Crippen molar-refractivity contribution in [2.75, 3.05) is 14.2 Å². The number of nitrogens with zero attached hydrogens (tertiary/aromatic N) is 3. The standard InChI is InChI=1S/C14H22ClN3O3/c1-17(13(19)9-18-8-10(15)7-16-18)11-5-3-4-6-12(21-2)14(11)20/h7-8,11-12,14,20H,3-6,9H2,1-2H3/t11-,12-,14-/m1/s1. The molecule has 21 heavy (non-hydrogen) atoms. The molecule has 1 amide bonds. The molecule has 0 aromatic carbocycles. The number of aromatic nitrogens is 2. The van der Waals surface area contributed by atoms with E-state index in [4.69, 9.17) is 16.3 Å². The van der Waals surface area contributed by atoms with Crippen molar-refractivity contribution in [3.8, 4) is 0 Å². The summed E-state index contributed by atoms with van der Waals surface area (Å²) in [4.78, 5) is 14.0. The molecule has 1 N–H and O–H groups in total. The van der Waals surface area contributed by atoms with Gasteiger partial charge in [-0.15, -0.1) is 0 Å². The number of ether oxygens (including phenoxy) is 1. The quantitative estimate of drug-likeness (QED) is 0.851. The fraction of sp³-hybridized carbons (Fsp3) is 0.714. The number of carbonyl (C=O) groups excluding carboxylic acids is 1. The SMILES string of the molecule is CO[C@@H]1CCCC[C@@H](N(C)C(=O)Cn2cc(Cl)cn2)[C@H]1O. The maximum Gasteiger partial charge on any atom is 0.244 e. The van der Waals surface area contributed by atoms with Crippen molar-refractivity contribution < 1.29 is 14.6 Å². The van der Waals surface area contributed by atoms with Crippen LogP contribution in [-0.4, -0.2) is 58.1 Å². The zero-order valence-electron chi connectivity index (χ0n) is 12.4. The normalized spacial score (nSPS) is 26.4. The molecule has 1 aromatic rings. The largest absolute Gasteiger partial charge is 0.388 e. The number of rotatable bonds is 4. The summed E-state index contributed by atoms with van der Waals surface area (Å²) in [6.45, 7) is 0.115. The lowest BCUT2D eigenvalue weighted by Crippen LogP contribution is -2.49. The van der Waals surface area contributed by atoms with Crippen LogP contribution in [0.3, 0.4) is 0 Å². The van der Waals surface area contributed by atoms with Gasteiger partial charge in [-0.3, -0.25) is 9.48 Å². The van der Waals surface area contributed by atoms with Crippen LogP contribution in [0.2, 0.25) is 5.02 Å². The van der Waals surface area contributed by atoms with E-state index in [1.54, 1.807) is 25.3 Å². The minimum absolute atomic E-state index is 0.101. The van der Waals surface area contributed by atoms with Crippen LogP contribution in [0.1, 0.15) is 25.7 Å². The zero-order valence-corrected chi connectivity index (χ0v) is 13.2. The molecule has 1 aliphatic rings. The Hall–Kier alpha value is -1.11. The Bertz CT molecular complexity index is 480. The van der Waals surface area contributed by atoms with Crippen LogP contribution < -0.4 is 0 Å². The average molecular weight is 316 g/mol. The smallest absolute Gasteiger partial charge is 0.244 e. The average Bonchev–Trinajstić information content (AvgIpc) is 2.77. The van der Waals surface area contributed by atoms with Crippen molar-refractivity contribution in [1.29, 1.82) is 0 Å². The number of hydrogen-bond donors (Lipinski definition) is 1. The summed E-state index contributed by atoms with van der Waals surface area (Å²) in [5.74, 6) is -0.101. The monoisotopic (exact) mass is 315 g/mol. The Morgan fingerprint density at radius 3 is 2.90 bits per heavy atom. The van der Waals surface area contributed by atoms with Crippen molar-refractivity contribution in [2.24, 2.45) is 0 Å². The Kier molecular flexibility index (Phi) is 5.61. The lowest BCUT2D eigenvalue weighted by atomic mass is 10.0. The van der Waals surface area contributed by atoms with E-state index in [9.17, 15) is 9.90 Å². The molecule has 1 fully saturated rings. The number of carbonyl (C=O) groups is 1. The highest BCUT2D eigenvalue weighted by Gasteiger charge is 2.34. The van der Waals surface area contributed by atoms with Gasteiger partial charge in [-0.2, -0.15) is 5.10 Å². The van der Waals surface area contributed by atoms with Gasteiger partial charge in [0.05, 0.1) is 23.4 Å². The van der Waals surface area contributed by atoms with E-state index < -0.39 is 6.10 Å². The number of aliphatic hydroxyl groups excluding tert-OH is 1. The van der Waals surface area contributed by atoms with Crippen molar-refractivity contribution in [3.05, 3.63) is 17.4 Å². The third-order valence-corrected chi connectivity index (χ3v) is 4.30. The minimum Gasteiger partial charge on any atom is -0.388 e. The van der Waals surface area contributed by atoms with E-state index in [2.05, 4.69) is 5.10 Å². The Morgan fingerprint density at radius 1 is 1.57 bits per heavy atom. The van der Waals surface area contributed by atoms with E-state index in [1.807, 2.05) is 0 Å². The van der Waals surface area contributed by atoms with Crippen LogP contribution in [0.4, 0.5) is 0 Å². The second-order valence-electron chi connectivity index (χ2n) is 5.48. The molecule has 0 spiro atoms. The third-order valence-electron chi connectivity index (χ3n) is 4.11. The number of aliphatic hydroxyl groups is 1. The van der Waals surface area contributed by atoms with E-state index in [-0.39, 0.29) is 24.6 Å². The van der Waals surface area contributed by atoms with E-state index in [0.29, 0.717) is 5.02 Å². The molecule has 0 radical (unpaired) electrons. The molecular weight excluding hydrogens is 294 g/mol. The molecular formula is C14H22ClN3O3. The second-order valence-corrected chi connectivity index (χ2v) is 5.91. The third kappa shape index (κ3) is 3.96. The molecule has 1 aromatic heterocycles. The van der Waals surface area contributed by atoms with Crippen LogP contribution in [0.5, 0.6) is 0 Å². The zero-order chi connectivity index (χ0) is 15.4. The fourth-order valence-corrected chi connectivity index (χ4v) is 2.98. The topological polar surface area (TPSA) is 67.6 Å². The molecule has 0 saturated heterocycles. The molecule has 0 aliphatic heterocycles. The van der Waals surface area contributed by atoms with Gasteiger partial charge < -0.3 is 14.7 Å². The lowest BCUT2D eigenvalue weighted by Gasteiger charge is -2.33. The highest BCUT2D eigenvalue weighted by molar-refractivity contribution is 6.30.